The van der Waals surface area contributed by atoms with Crippen LogP contribution in [0.5, 0.6) is 11.5 Å². The van der Waals surface area contributed by atoms with Gasteiger partial charge >= 0.3 is 0 Å². The molecule has 0 bridgehead atoms. The number of carbonyl (C=O) groups is 1. The average molecular weight is 436 g/mol. The molecule has 31 heavy (non-hydrogen) atoms. The second kappa shape index (κ2) is 7.63. The zero-order chi connectivity index (χ0) is 21.4. The normalized spacial score (nSPS) is 14.8. The fourth-order valence-electron chi connectivity index (χ4n) is 3.82. The van der Waals surface area contributed by atoms with Crippen molar-refractivity contribution >= 4 is 21.6 Å². The summed E-state index contributed by atoms with van der Waals surface area (Å²) in [6, 6.07) is 19.0. The van der Waals surface area contributed by atoms with Gasteiger partial charge < -0.3 is 14.4 Å². The number of ether oxygens (including phenoxy) is 2. The van der Waals surface area contributed by atoms with Gasteiger partial charge in [0, 0.05) is 24.7 Å². The molecular formula is C23H20N2O5S. The van der Waals surface area contributed by atoms with E-state index in [2.05, 4.69) is 10.8 Å². The molecule has 0 fully saturated rings. The van der Waals surface area contributed by atoms with Gasteiger partial charge in [-0.3, -0.25) is 9.52 Å². The number of carbonyl (C=O) groups excluding carboxylic acids is 1. The maximum atomic E-state index is 13.1. The smallest absolute Gasteiger partial charge is 0.261 e. The summed E-state index contributed by atoms with van der Waals surface area (Å²) in [6.45, 7) is 1.22. The van der Waals surface area contributed by atoms with Crippen LogP contribution in [0.15, 0.2) is 71.6 Å². The van der Waals surface area contributed by atoms with E-state index < -0.39 is 10.0 Å². The van der Waals surface area contributed by atoms with E-state index in [1.807, 2.05) is 18.2 Å². The summed E-state index contributed by atoms with van der Waals surface area (Å²) < 4.78 is 38.9. The van der Waals surface area contributed by atoms with Crippen LogP contribution >= 0.6 is 0 Å². The van der Waals surface area contributed by atoms with E-state index >= 15 is 0 Å². The number of sulfonamides is 1. The minimum atomic E-state index is -3.88. The Labute approximate surface area is 180 Å². The predicted molar refractivity (Wildman–Crippen MR) is 115 cm³/mol. The van der Waals surface area contributed by atoms with Crippen LogP contribution in [0, 0.1) is 0 Å². The molecule has 0 unspecified atom stereocenters. The minimum Gasteiger partial charge on any atom is -0.454 e. The summed E-state index contributed by atoms with van der Waals surface area (Å²) in [6.07, 6.45) is 0.783. The van der Waals surface area contributed by atoms with Crippen molar-refractivity contribution < 1.29 is 22.7 Å². The molecule has 0 aromatic heterocycles. The van der Waals surface area contributed by atoms with E-state index in [4.69, 9.17) is 9.47 Å². The number of amides is 1. The molecule has 2 heterocycles. The lowest BCUT2D eigenvalue weighted by atomic mass is 9.99. The van der Waals surface area contributed by atoms with Gasteiger partial charge in [0.1, 0.15) is 0 Å². The van der Waals surface area contributed by atoms with Crippen molar-refractivity contribution in [1.29, 1.82) is 0 Å². The highest BCUT2D eigenvalue weighted by Gasteiger charge is 2.24. The summed E-state index contributed by atoms with van der Waals surface area (Å²) in [4.78, 5) is 14.8. The molecule has 0 saturated heterocycles. The molecule has 2 aliphatic rings. The molecule has 1 amide bonds. The van der Waals surface area contributed by atoms with Gasteiger partial charge in [-0.15, -0.1) is 0 Å². The minimum absolute atomic E-state index is 0.0217. The van der Waals surface area contributed by atoms with Gasteiger partial charge in [0.25, 0.3) is 15.9 Å². The number of hydrogen-bond acceptors (Lipinski definition) is 5. The van der Waals surface area contributed by atoms with E-state index in [0.29, 0.717) is 35.8 Å². The second-order valence-corrected chi connectivity index (χ2v) is 9.13. The summed E-state index contributed by atoms with van der Waals surface area (Å²) >= 11 is 0. The topological polar surface area (TPSA) is 84.9 Å². The molecule has 0 spiro atoms. The number of benzene rings is 3. The number of rotatable bonds is 4. The van der Waals surface area contributed by atoms with Gasteiger partial charge in [-0.25, -0.2) is 8.42 Å². The molecule has 0 aliphatic carbocycles. The SMILES string of the molecule is O=C(c1cccc(S(=O)(=O)Nc2ccc3c(c2)OCO3)c1)N1CCc2ccccc2C1. The molecule has 8 heteroatoms. The van der Waals surface area contributed by atoms with Crippen molar-refractivity contribution in [1.82, 2.24) is 4.90 Å². The van der Waals surface area contributed by atoms with Crippen LogP contribution in [0.4, 0.5) is 5.69 Å². The van der Waals surface area contributed by atoms with E-state index in [0.717, 1.165) is 12.0 Å². The number of nitrogens with one attached hydrogen (secondary N) is 1. The van der Waals surface area contributed by atoms with Crippen LogP contribution in [-0.2, 0) is 23.0 Å². The van der Waals surface area contributed by atoms with Gasteiger partial charge in [0.15, 0.2) is 11.5 Å². The highest BCUT2D eigenvalue weighted by molar-refractivity contribution is 7.92. The first-order chi connectivity index (χ1) is 15.0. The largest absolute Gasteiger partial charge is 0.454 e. The van der Waals surface area contributed by atoms with Crippen molar-refractivity contribution in [3.63, 3.8) is 0 Å². The van der Waals surface area contributed by atoms with Crippen molar-refractivity contribution in [3.05, 3.63) is 83.4 Å². The van der Waals surface area contributed by atoms with E-state index in [1.165, 1.54) is 17.7 Å². The molecule has 7 nitrogen and oxygen atoms in total. The van der Waals surface area contributed by atoms with Crippen LogP contribution in [0.3, 0.4) is 0 Å². The standard InChI is InChI=1S/C23H20N2O5S/c26-23(25-11-10-16-4-1-2-5-18(16)14-25)17-6-3-7-20(12-17)31(27,28)24-19-8-9-21-22(13-19)30-15-29-21/h1-9,12-13,24H,10-11,14-15H2. The van der Waals surface area contributed by atoms with Crippen LogP contribution in [-0.4, -0.2) is 32.6 Å². The van der Waals surface area contributed by atoms with Gasteiger partial charge in [-0.1, -0.05) is 30.3 Å². The Morgan fingerprint density at radius 2 is 1.71 bits per heavy atom. The Morgan fingerprint density at radius 3 is 2.58 bits per heavy atom. The first-order valence-electron chi connectivity index (χ1n) is 9.88. The molecule has 5 rings (SSSR count). The third-order valence-corrected chi connectivity index (χ3v) is 6.81. The average Bonchev–Trinajstić information content (AvgIpc) is 3.26. The Balaban J connectivity index is 1.36. The molecule has 0 saturated carbocycles. The molecule has 1 N–H and O–H groups in total. The Bertz CT molecular complexity index is 1270. The first-order valence-corrected chi connectivity index (χ1v) is 11.4. The third kappa shape index (κ3) is 3.82. The van der Waals surface area contributed by atoms with Crippen molar-refractivity contribution in [2.45, 2.75) is 17.9 Å². The quantitative estimate of drug-likeness (QED) is 0.678. The molecule has 3 aromatic carbocycles. The number of nitrogens with zero attached hydrogens (tertiary/aromatic N) is 1. The molecule has 0 atom stereocenters. The molecule has 0 radical (unpaired) electrons. The van der Waals surface area contributed by atoms with Crippen molar-refractivity contribution in [2.75, 3.05) is 18.1 Å². The van der Waals surface area contributed by atoms with E-state index in [-0.39, 0.29) is 17.6 Å². The van der Waals surface area contributed by atoms with Crippen LogP contribution in [0.1, 0.15) is 21.5 Å². The van der Waals surface area contributed by atoms with E-state index in [9.17, 15) is 13.2 Å². The number of fused-ring (bicyclic) bond motifs is 2. The highest BCUT2D eigenvalue weighted by Crippen LogP contribution is 2.35. The lowest BCUT2D eigenvalue weighted by Gasteiger charge is -2.29. The van der Waals surface area contributed by atoms with Gasteiger partial charge in [0.05, 0.1) is 10.6 Å². The highest BCUT2D eigenvalue weighted by atomic mass is 32.2. The van der Waals surface area contributed by atoms with Crippen molar-refractivity contribution in [3.8, 4) is 11.5 Å². The summed E-state index contributed by atoms with van der Waals surface area (Å²) in [5.74, 6) is 0.864. The monoisotopic (exact) mass is 436 g/mol. The van der Waals surface area contributed by atoms with Crippen LogP contribution in [0.25, 0.3) is 0 Å². The number of anilines is 1. The fraction of sp³-hybridized carbons (Fsp3) is 0.174. The molecular weight excluding hydrogens is 416 g/mol. The van der Waals surface area contributed by atoms with Crippen LogP contribution < -0.4 is 14.2 Å². The fourth-order valence-corrected chi connectivity index (χ4v) is 4.92. The third-order valence-electron chi connectivity index (χ3n) is 5.43. The van der Waals surface area contributed by atoms with Gasteiger partial charge in [-0.2, -0.15) is 0 Å². The van der Waals surface area contributed by atoms with Crippen LogP contribution in [0.2, 0.25) is 0 Å². The molecule has 3 aromatic rings. The van der Waals surface area contributed by atoms with Gasteiger partial charge in [-0.05, 0) is 47.9 Å². The predicted octanol–water partition coefficient (Wildman–Crippen LogP) is 3.41. The number of hydrogen-bond donors (Lipinski definition) is 1. The molecule has 2 aliphatic heterocycles. The molecule has 158 valence electrons. The van der Waals surface area contributed by atoms with Crippen molar-refractivity contribution in [2.24, 2.45) is 0 Å². The Hall–Kier alpha value is -3.52. The second-order valence-electron chi connectivity index (χ2n) is 7.45. The maximum Gasteiger partial charge on any atom is 0.261 e. The lowest BCUT2D eigenvalue weighted by molar-refractivity contribution is 0.0734. The summed E-state index contributed by atoms with van der Waals surface area (Å²) in [5.41, 5.74) is 3.06. The zero-order valence-electron chi connectivity index (χ0n) is 16.6. The Morgan fingerprint density at radius 1 is 0.903 bits per heavy atom. The summed E-state index contributed by atoms with van der Waals surface area (Å²) in [7, 11) is -3.88. The maximum absolute atomic E-state index is 13.1. The summed E-state index contributed by atoms with van der Waals surface area (Å²) in [5, 5.41) is 0. The lowest BCUT2D eigenvalue weighted by Crippen LogP contribution is -2.36. The van der Waals surface area contributed by atoms with Gasteiger partial charge in [0.2, 0.25) is 6.79 Å². The first kappa shape index (κ1) is 19.4. The Kier molecular flexibility index (Phi) is 4.78. The van der Waals surface area contributed by atoms with E-state index in [1.54, 1.807) is 35.2 Å². The zero-order valence-corrected chi connectivity index (χ0v) is 17.4.